The third-order valence-electron chi connectivity index (χ3n) is 4.07. The van der Waals surface area contributed by atoms with Crippen LogP contribution in [0.4, 0.5) is 5.82 Å². The number of rotatable bonds is 8. The van der Waals surface area contributed by atoms with Gasteiger partial charge in [0.25, 0.3) is 5.91 Å². The molecule has 1 atom stereocenters. The Morgan fingerprint density at radius 3 is 2.87 bits per heavy atom. The zero-order valence-electron chi connectivity index (χ0n) is 13.4. The molecule has 0 unspecified atom stereocenters. The summed E-state index contributed by atoms with van der Waals surface area (Å²) in [7, 11) is 0. The number of amides is 1. The van der Waals surface area contributed by atoms with E-state index in [-0.39, 0.29) is 5.91 Å². The van der Waals surface area contributed by atoms with Gasteiger partial charge in [-0.05, 0) is 37.7 Å². The number of aromatic nitrogens is 2. The number of ether oxygens (including phenoxy) is 1. The number of nitrogens with one attached hydrogen (secondary N) is 1. The number of anilines is 1. The van der Waals surface area contributed by atoms with E-state index in [9.17, 15) is 4.79 Å². The minimum absolute atomic E-state index is 0.118. The van der Waals surface area contributed by atoms with E-state index in [2.05, 4.69) is 22.5 Å². The van der Waals surface area contributed by atoms with Crippen LogP contribution in [0.15, 0.2) is 42.6 Å². The minimum atomic E-state index is -0.437. The lowest BCUT2D eigenvalue weighted by molar-refractivity contribution is -0.126. The number of benzene rings is 1. The average Bonchev–Trinajstić information content (AvgIpc) is 3.31. The van der Waals surface area contributed by atoms with Crippen LogP contribution >= 0.6 is 0 Å². The first-order chi connectivity index (χ1) is 11.2. The fraction of sp³-hybridized carbons (Fsp3) is 0.444. The van der Waals surface area contributed by atoms with Gasteiger partial charge in [-0.25, -0.2) is 4.68 Å². The SMILES string of the molecule is C[C@H](OCC1CC1)C(=O)Nc1ccnn1CCc1ccccc1. The largest absolute Gasteiger partial charge is 0.368 e. The van der Waals surface area contributed by atoms with Crippen molar-refractivity contribution >= 4 is 11.7 Å². The molecule has 1 fully saturated rings. The van der Waals surface area contributed by atoms with E-state index in [1.165, 1.54) is 18.4 Å². The second kappa shape index (κ2) is 7.42. The van der Waals surface area contributed by atoms with Gasteiger partial charge >= 0.3 is 0 Å². The Hall–Kier alpha value is -2.14. The highest BCUT2D eigenvalue weighted by Gasteiger charge is 2.24. The van der Waals surface area contributed by atoms with Gasteiger partial charge in [0, 0.05) is 12.6 Å². The molecule has 0 spiro atoms. The van der Waals surface area contributed by atoms with Crippen molar-refractivity contribution in [2.75, 3.05) is 11.9 Å². The first-order valence-corrected chi connectivity index (χ1v) is 8.20. The van der Waals surface area contributed by atoms with Crippen molar-refractivity contribution in [1.82, 2.24) is 9.78 Å². The number of carbonyl (C=O) groups is 1. The van der Waals surface area contributed by atoms with Crippen LogP contribution in [-0.4, -0.2) is 28.4 Å². The van der Waals surface area contributed by atoms with Crippen molar-refractivity contribution < 1.29 is 9.53 Å². The third-order valence-corrected chi connectivity index (χ3v) is 4.07. The third kappa shape index (κ3) is 4.66. The number of hydrogen-bond acceptors (Lipinski definition) is 3. The van der Waals surface area contributed by atoms with Crippen LogP contribution in [0.25, 0.3) is 0 Å². The fourth-order valence-electron chi connectivity index (χ4n) is 2.37. The van der Waals surface area contributed by atoms with E-state index in [1.54, 1.807) is 13.1 Å². The summed E-state index contributed by atoms with van der Waals surface area (Å²) < 4.78 is 7.42. The van der Waals surface area contributed by atoms with Crippen LogP contribution in [0.5, 0.6) is 0 Å². The van der Waals surface area contributed by atoms with Gasteiger partial charge in [-0.3, -0.25) is 4.79 Å². The van der Waals surface area contributed by atoms with Gasteiger partial charge in [-0.1, -0.05) is 30.3 Å². The van der Waals surface area contributed by atoms with Crippen LogP contribution < -0.4 is 5.32 Å². The van der Waals surface area contributed by atoms with Gasteiger partial charge in [-0.2, -0.15) is 5.10 Å². The van der Waals surface area contributed by atoms with E-state index in [0.717, 1.165) is 13.0 Å². The first kappa shape index (κ1) is 15.7. The molecule has 122 valence electrons. The van der Waals surface area contributed by atoms with Gasteiger partial charge in [0.1, 0.15) is 11.9 Å². The Balaban J connectivity index is 1.51. The molecule has 1 heterocycles. The molecule has 1 N–H and O–H groups in total. The van der Waals surface area contributed by atoms with Crippen molar-refractivity contribution in [3.63, 3.8) is 0 Å². The molecule has 5 heteroatoms. The molecule has 0 aliphatic heterocycles. The predicted octanol–water partition coefficient (Wildman–Crippen LogP) is 2.88. The molecule has 1 aliphatic carbocycles. The quantitative estimate of drug-likeness (QED) is 0.815. The van der Waals surface area contributed by atoms with Crippen LogP contribution in [0, 0.1) is 5.92 Å². The fourth-order valence-corrected chi connectivity index (χ4v) is 2.37. The van der Waals surface area contributed by atoms with E-state index < -0.39 is 6.10 Å². The summed E-state index contributed by atoms with van der Waals surface area (Å²) in [5, 5.41) is 7.20. The van der Waals surface area contributed by atoms with Crippen LogP contribution in [0.1, 0.15) is 25.3 Å². The molecule has 1 aromatic heterocycles. The van der Waals surface area contributed by atoms with Gasteiger partial charge in [0.2, 0.25) is 0 Å². The van der Waals surface area contributed by atoms with Crippen molar-refractivity contribution in [2.45, 2.75) is 38.8 Å². The summed E-state index contributed by atoms with van der Waals surface area (Å²) in [6.45, 7) is 3.20. The molecule has 0 saturated heterocycles. The summed E-state index contributed by atoms with van der Waals surface area (Å²) in [5.74, 6) is 1.25. The molecule has 2 aromatic rings. The van der Waals surface area contributed by atoms with Crippen molar-refractivity contribution in [1.29, 1.82) is 0 Å². The van der Waals surface area contributed by atoms with Crippen molar-refractivity contribution in [3.8, 4) is 0 Å². The molecule has 0 bridgehead atoms. The number of carbonyl (C=O) groups excluding carboxylic acids is 1. The lowest BCUT2D eigenvalue weighted by Crippen LogP contribution is -2.29. The highest BCUT2D eigenvalue weighted by atomic mass is 16.5. The number of hydrogen-bond donors (Lipinski definition) is 1. The maximum Gasteiger partial charge on any atom is 0.254 e. The second-order valence-corrected chi connectivity index (χ2v) is 6.08. The highest BCUT2D eigenvalue weighted by Crippen LogP contribution is 2.29. The average molecular weight is 313 g/mol. The van der Waals surface area contributed by atoms with E-state index in [0.29, 0.717) is 18.3 Å². The van der Waals surface area contributed by atoms with Crippen LogP contribution in [0.3, 0.4) is 0 Å². The Labute approximate surface area is 136 Å². The molecule has 1 aliphatic rings. The Morgan fingerprint density at radius 1 is 1.35 bits per heavy atom. The zero-order chi connectivity index (χ0) is 16.1. The maximum absolute atomic E-state index is 12.2. The van der Waals surface area contributed by atoms with Gasteiger partial charge in [0.05, 0.1) is 12.8 Å². The normalized spacial score (nSPS) is 15.3. The lowest BCUT2D eigenvalue weighted by Gasteiger charge is -2.14. The first-order valence-electron chi connectivity index (χ1n) is 8.20. The van der Waals surface area contributed by atoms with E-state index in [1.807, 2.05) is 28.9 Å². The lowest BCUT2D eigenvalue weighted by atomic mass is 10.1. The monoisotopic (exact) mass is 313 g/mol. The smallest absolute Gasteiger partial charge is 0.254 e. The van der Waals surface area contributed by atoms with Gasteiger partial charge in [0.15, 0.2) is 0 Å². The standard InChI is InChI=1S/C18H23N3O2/c1-14(23-13-16-7-8-16)18(22)20-17-9-11-19-21(17)12-10-15-5-3-2-4-6-15/h2-6,9,11,14,16H,7-8,10,12-13H2,1H3,(H,20,22)/t14-/m0/s1. The maximum atomic E-state index is 12.2. The molecule has 1 saturated carbocycles. The Bertz CT molecular complexity index is 635. The minimum Gasteiger partial charge on any atom is -0.368 e. The predicted molar refractivity (Wildman–Crippen MR) is 89.1 cm³/mol. The zero-order valence-corrected chi connectivity index (χ0v) is 13.4. The van der Waals surface area contributed by atoms with E-state index in [4.69, 9.17) is 4.74 Å². The van der Waals surface area contributed by atoms with Gasteiger partial charge in [-0.15, -0.1) is 0 Å². The molecule has 3 rings (SSSR count). The van der Waals surface area contributed by atoms with Crippen molar-refractivity contribution in [2.24, 2.45) is 5.92 Å². The molecule has 23 heavy (non-hydrogen) atoms. The van der Waals surface area contributed by atoms with Crippen LogP contribution in [-0.2, 0) is 22.5 Å². The summed E-state index contributed by atoms with van der Waals surface area (Å²) in [6, 6.07) is 12.1. The van der Waals surface area contributed by atoms with Gasteiger partial charge < -0.3 is 10.1 Å². The number of aryl methyl sites for hydroxylation is 2. The summed E-state index contributed by atoms with van der Waals surface area (Å²) in [4.78, 5) is 12.2. The number of nitrogens with zero attached hydrogens (tertiary/aromatic N) is 2. The van der Waals surface area contributed by atoms with Crippen molar-refractivity contribution in [3.05, 3.63) is 48.2 Å². The topological polar surface area (TPSA) is 56.1 Å². The van der Waals surface area contributed by atoms with E-state index >= 15 is 0 Å². The molecular weight excluding hydrogens is 290 g/mol. The highest BCUT2D eigenvalue weighted by molar-refractivity contribution is 5.93. The summed E-state index contributed by atoms with van der Waals surface area (Å²) in [5.41, 5.74) is 1.25. The Kier molecular flexibility index (Phi) is 5.08. The molecule has 1 aromatic carbocycles. The Morgan fingerprint density at radius 2 is 2.13 bits per heavy atom. The molecule has 1 amide bonds. The molecular formula is C18H23N3O2. The molecule has 0 radical (unpaired) electrons. The second-order valence-electron chi connectivity index (χ2n) is 6.08. The summed E-state index contributed by atoms with van der Waals surface area (Å²) in [6.07, 6.45) is 4.59. The van der Waals surface area contributed by atoms with Crippen LogP contribution in [0.2, 0.25) is 0 Å². The summed E-state index contributed by atoms with van der Waals surface area (Å²) >= 11 is 0. The molecule has 5 nitrogen and oxygen atoms in total.